The van der Waals surface area contributed by atoms with Crippen LogP contribution in [-0.4, -0.2) is 26.6 Å². The molecule has 4 aromatic rings. The zero-order chi connectivity index (χ0) is 22.3. The third-order valence-corrected chi connectivity index (χ3v) is 6.12. The second-order valence-electron chi connectivity index (χ2n) is 7.61. The third kappa shape index (κ3) is 4.07. The Morgan fingerprint density at radius 1 is 1.19 bits per heavy atom. The molecule has 0 unspecified atom stereocenters. The van der Waals surface area contributed by atoms with Crippen LogP contribution in [0, 0.1) is 23.0 Å². The lowest BCUT2D eigenvalue weighted by Gasteiger charge is -2.06. The van der Waals surface area contributed by atoms with Gasteiger partial charge in [0.15, 0.2) is 5.82 Å². The van der Waals surface area contributed by atoms with E-state index in [0.717, 1.165) is 0 Å². The van der Waals surface area contributed by atoms with Crippen LogP contribution in [0.25, 0.3) is 21.3 Å². The van der Waals surface area contributed by atoms with Crippen molar-refractivity contribution in [3.8, 4) is 17.2 Å². The highest BCUT2D eigenvalue weighted by atomic mass is 32.1. The molecule has 2 aromatic heterocycles. The maximum absolute atomic E-state index is 14.6. The van der Waals surface area contributed by atoms with Crippen molar-refractivity contribution in [1.29, 1.82) is 5.26 Å². The van der Waals surface area contributed by atoms with E-state index in [-0.39, 0.29) is 36.0 Å². The second-order valence-corrected chi connectivity index (χ2v) is 8.72. The lowest BCUT2D eigenvalue weighted by atomic mass is 10.1. The van der Waals surface area contributed by atoms with Crippen molar-refractivity contribution < 1.29 is 18.0 Å². The Kier molecular flexibility index (Phi) is 4.90. The van der Waals surface area contributed by atoms with E-state index in [9.17, 15) is 13.6 Å². The molecule has 0 aliphatic heterocycles. The Hall–Kier alpha value is -3.71. The number of rotatable bonds is 6. The predicted molar refractivity (Wildman–Crippen MR) is 112 cm³/mol. The monoisotopic (exact) mass is 451 g/mol. The molecule has 0 saturated heterocycles. The van der Waals surface area contributed by atoms with Gasteiger partial charge in [-0.15, -0.1) is 21.5 Å². The molecular formula is C22H15F2N5O2S. The standard InChI is InChI=1S/C22H15F2N5O2S/c23-14-3-1-2-12(6-14)13-7-15(24)21-16(8-13)32-20(26-21)10-19-29-28-18(31-19)9-17(30)27-22(11-25)4-5-22/h1-3,6-8H,4-5,9-10H2,(H,27,30). The van der Waals surface area contributed by atoms with E-state index in [1.165, 1.54) is 29.5 Å². The van der Waals surface area contributed by atoms with E-state index in [1.54, 1.807) is 18.2 Å². The highest BCUT2D eigenvalue weighted by Crippen LogP contribution is 2.34. The second kappa shape index (κ2) is 7.76. The SMILES string of the molecule is N#CC1(NC(=O)Cc2nnc(Cc3nc4c(F)cc(-c5cccc(F)c5)cc4s3)o2)CC1. The molecule has 0 bridgehead atoms. The first kappa shape index (κ1) is 20.2. The van der Waals surface area contributed by atoms with E-state index >= 15 is 0 Å². The molecular weight excluding hydrogens is 436 g/mol. The number of carbonyl (C=O) groups excluding carboxylic acids is 1. The summed E-state index contributed by atoms with van der Waals surface area (Å²) < 4.78 is 34.3. The number of amides is 1. The van der Waals surface area contributed by atoms with Gasteiger partial charge in [0.25, 0.3) is 0 Å². The van der Waals surface area contributed by atoms with Crippen LogP contribution in [0.5, 0.6) is 0 Å². The molecule has 1 N–H and O–H groups in total. The van der Waals surface area contributed by atoms with E-state index in [4.69, 9.17) is 9.68 Å². The van der Waals surface area contributed by atoms with Gasteiger partial charge in [-0.3, -0.25) is 4.79 Å². The number of carbonyl (C=O) groups is 1. The highest BCUT2D eigenvalue weighted by Gasteiger charge is 2.44. The van der Waals surface area contributed by atoms with Crippen LogP contribution in [0.3, 0.4) is 0 Å². The molecule has 5 rings (SSSR count). The van der Waals surface area contributed by atoms with Gasteiger partial charge in [-0.25, -0.2) is 13.8 Å². The van der Waals surface area contributed by atoms with Gasteiger partial charge in [0.1, 0.15) is 28.3 Å². The van der Waals surface area contributed by atoms with Crippen molar-refractivity contribution in [2.75, 3.05) is 0 Å². The van der Waals surface area contributed by atoms with Crippen LogP contribution < -0.4 is 5.32 Å². The Morgan fingerprint density at radius 2 is 2.00 bits per heavy atom. The van der Waals surface area contributed by atoms with Crippen molar-refractivity contribution in [3.05, 3.63) is 64.8 Å². The number of halogens is 2. The smallest absolute Gasteiger partial charge is 0.230 e. The normalized spacial score (nSPS) is 14.3. The summed E-state index contributed by atoms with van der Waals surface area (Å²) in [6.45, 7) is 0. The third-order valence-electron chi connectivity index (χ3n) is 5.12. The Balaban J connectivity index is 1.32. The van der Waals surface area contributed by atoms with E-state index in [0.29, 0.717) is 33.7 Å². The molecule has 1 aliphatic carbocycles. The van der Waals surface area contributed by atoms with E-state index in [1.807, 2.05) is 0 Å². The number of nitrogens with one attached hydrogen (secondary N) is 1. The lowest BCUT2D eigenvalue weighted by Crippen LogP contribution is -2.36. The number of fused-ring (bicyclic) bond motifs is 1. The van der Waals surface area contributed by atoms with Crippen LogP contribution in [0.4, 0.5) is 8.78 Å². The topological polar surface area (TPSA) is 105 Å². The Labute approximate surface area is 184 Å². The van der Waals surface area contributed by atoms with Gasteiger partial charge in [-0.05, 0) is 48.2 Å². The fourth-order valence-electron chi connectivity index (χ4n) is 3.34. The first-order valence-corrected chi connectivity index (χ1v) is 10.6. The van der Waals surface area contributed by atoms with Gasteiger partial charge in [0.2, 0.25) is 17.7 Å². The van der Waals surface area contributed by atoms with Gasteiger partial charge >= 0.3 is 0 Å². The summed E-state index contributed by atoms with van der Waals surface area (Å²) in [4.78, 5) is 16.4. The molecule has 32 heavy (non-hydrogen) atoms. The van der Waals surface area contributed by atoms with Crippen molar-refractivity contribution >= 4 is 27.5 Å². The minimum atomic E-state index is -0.755. The first-order valence-electron chi connectivity index (χ1n) is 9.81. The maximum Gasteiger partial charge on any atom is 0.230 e. The summed E-state index contributed by atoms with van der Waals surface area (Å²) in [5.41, 5.74) is 0.595. The van der Waals surface area contributed by atoms with Gasteiger partial charge in [-0.2, -0.15) is 5.26 Å². The highest BCUT2D eigenvalue weighted by molar-refractivity contribution is 7.18. The molecule has 1 amide bonds. The summed E-state index contributed by atoms with van der Waals surface area (Å²) in [5, 5.41) is 20.1. The molecule has 2 heterocycles. The van der Waals surface area contributed by atoms with Crippen LogP contribution in [0.15, 0.2) is 40.8 Å². The van der Waals surface area contributed by atoms with Gasteiger partial charge in [0, 0.05) is 0 Å². The summed E-state index contributed by atoms with van der Waals surface area (Å²) in [6, 6.07) is 11.1. The zero-order valence-electron chi connectivity index (χ0n) is 16.6. The maximum atomic E-state index is 14.6. The van der Waals surface area contributed by atoms with Crippen LogP contribution >= 0.6 is 11.3 Å². The fourth-order valence-corrected chi connectivity index (χ4v) is 4.36. The molecule has 0 atom stereocenters. The molecule has 10 heteroatoms. The molecule has 160 valence electrons. The molecule has 0 radical (unpaired) electrons. The predicted octanol–water partition coefficient (Wildman–Crippen LogP) is 3.93. The number of benzene rings is 2. The molecule has 7 nitrogen and oxygen atoms in total. The number of thiazole rings is 1. The molecule has 1 fully saturated rings. The van der Waals surface area contributed by atoms with Crippen molar-refractivity contribution in [2.45, 2.75) is 31.2 Å². The van der Waals surface area contributed by atoms with Crippen LogP contribution in [0.2, 0.25) is 0 Å². The largest absolute Gasteiger partial charge is 0.424 e. The van der Waals surface area contributed by atoms with E-state index < -0.39 is 17.2 Å². The number of hydrogen-bond acceptors (Lipinski definition) is 7. The lowest BCUT2D eigenvalue weighted by molar-refractivity contribution is -0.121. The number of hydrogen-bond donors (Lipinski definition) is 1. The summed E-state index contributed by atoms with van der Waals surface area (Å²) in [6.07, 6.45) is 1.34. The van der Waals surface area contributed by atoms with Gasteiger partial charge in [-0.1, -0.05) is 12.1 Å². The summed E-state index contributed by atoms with van der Waals surface area (Å²) in [5.74, 6) is -0.871. The Bertz CT molecular complexity index is 1390. The van der Waals surface area contributed by atoms with Crippen molar-refractivity contribution in [2.24, 2.45) is 0 Å². The quantitative estimate of drug-likeness (QED) is 0.476. The minimum absolute atomic E-state index is 0.123. The number of nitrogens with zero attached hydrogens (tertiary/aromatic N) is 4. The summed E-state index contributed by atoms with van der Waals surface area (Å²) >= 11 is 1.27. The van der Waals surface area contributed by atoms with Crippen molar-refractivity contribution in [3.63, 3.8) is 0 Å². The first-order chi connectivity index (χ1) is 15.4. The van der Waals surface area contributed by atoms with E-state index in [2.05, 4.69) is 26.6 Å². The Morgan fingerprint density at radius 3 is 2.75 bits per heavy atom. The average molecular weight is 451 g/mol. The average Bonchev–Trinajstić information content (AvgIpc) is 3.19. The molecule has 1 saturated carbocycles. The van der Waals surface area contributed by atoms with Crippen LogP contribution in [0.1, 0.15) is 29.6 Å². The van der Waals surface area contributed by atoms with Gasteiger partial charge < -0.3 is 9.73 Å². The molecule has 0 spiro atoms. The van der Waals surface area contributed by atoms with Gasteiger partial charge in [0.05, 0.1) is 17.2 Å². The summed E-state index contributed by atoms with van der Waals surface area (Å²) in [7, 11) is 0. The number of nitriles is 1. The molecule has 1 aliphatic rings. The van der Waals surface area contributed by atoms with Crippen molar-refractivity contribution in [1.82, 2.24) is 20.5 Å². The number of aromatic nitrogens is 3. The minimum Gasteiger partial charge on any atom is -0.424 e. The van der Waals surface area contributed by atoms with Crippen LogP contribution in [-0.2, 0) is 17.6 Å². The molecule has 2 aromatic carbocycles. The fraction of sp³-hybridized carbons (Fsp3) is 0.227. The zero-order valence-corrected chi connectivity index (χ0v) is 17.4.